The van der Waals surface area contributed by atoms with Gasteiger partial charge in [0, 0.05) is 18.7 Å². The van der Waals surface area contributed by atoms with Gasteiger partial charge in [-0.3, -0.25) is 14.5 Å². The molecule has 1 aromatic heterocycles. The fourth-order valence-corrected chi connectivity index (χ4v) is 5.02. The van der Waals surface area contributed by atoms with Crippen molar-refractivity contribution >= 4 is 28.8 Å². The molecule has 1 atom stereocenters. The number of rotatable bonds is 7. The van der Waals surface area contributed by atoms with Crippen molar-refractivity contribution in [2.24, 2.45) is 5.73 Å². The second kappa shape index (κ2) is 9.58. The average Bonchev–Trinajstić information content (AvgIpc) is 3.36. The minimum absolute atomic E-state index is 0.210. The first-order valence-corrected chi connectivity index (χ1v) is 11.3. The van der Waals surface area contributed by atoms with E-state index in [2.05, 4.69) is 15.2 Å². The van der Waals surface area contributed by atoms with E-state index in [0.717, 1.165) is 35.5 Å². The zero-order valence-electron chi connectivity index (χ0n) is 17.8. The number of amides is 2. The van der Waals surface area contributed by atoms with Gasteiger partial charge in [-0.1, -0.05) is 24.3 Å². The molecule has 1 unspecified atom stereocenters. The van der Waals surface area contributed by atoms with Gasteiger partial charge < -0.3 is 11.1 Å². The molecule has 6 nitrogen and oxygen atoms in total. The molecule has 3 N–H and O–H groups in total. The number of thiazole rings is 1. The Morgan fingerprint density at radius 1 is 1.22 bits per heavy atom. The van der Waals surface area contributed by atoms with Gasteiger partial charge in [-0.2, -0.15) is 0 Å². The van der Waals surface area contributed by atoms with Crippen molar-refractivity contribution in [2.75, 3.05) is 11.9 Å². The van der Waals surface area contributed by atoms with Crippen LogP contribution in [0.3, 0.4) is 0 Å². The number of anilines is 1. The SMILES string of the molecule is Cc1nc(Cc2ccc(F)cc2)sc1C(=O)Nc1cccc(CN2CCCC2C(N)=O)c1. The highest BCUT2D eigenvalue weighted by atomic mass is 32.1. The molecule has 0 bridgehead atoms. The predicted molar refractivity (Wildman–Crippen MR) is 123 cm³/mol. The Morgan fingerprint density at radius 3 is 2.75 bits per heavy atom. The molecule has 0 radical (unpaired) electrons. The van der Waals surface area contributed by atoms with E-state index in [-0.39, 0.29) is 23.7 Å². The molecule has 0 aliphatic carbocycles. The number of primary amides is 1. The quantitative estimate of drug-likeness (QED) is 0.569. The molecule has 8 heteroatoms. The van der Waals surface area contributed by atoms with Gasteiger partial charge in [0.15, 0.2) is 0 Å². The van der Waals surface area contributed by atoms with Crippen LogP contribution in [0.1, 0.15) is 44.3 Å². The van der Waals surface area contributed by atoms with Gasteiger partial charge >= 0.3 is 0 Å². The third-order valence-electron chi connectivity index (χ3n) is 5.58. The Hall–Kier alpha value is -3.10. The Bertz CT molecular complexity index is 1130. The van der Waals surface area contributed by atoms with Crippen molar-refractivity contribution in [3.63, 3.8) is 0 Å². The van der Waals surface area contributed by atoms with Gasteiger partial charge in [0.1, 0.15) is 10.7 Å². The van der Waals surface area contributed by atoms with E-state index in [0.29, 0.717) is 29.2 Å². The van der Waals surface area contributed by atoms with Crippen LogP contribution in [-0.4, -0.2) is 34.3 Å². The van der Waals surface area contributed by atoms with Crippen molar-refractivity contribution in [1.29, 1.82) is 0 Å². The number of halogens is 1. The van der Waals surface area contributed by atoms with Crippen LogP contribution in [-0.2, 0) is 17.8 Å². The summed E-state index contributed by atoms with van der Waals surface area (Å²) in [7, 11) is 0. The van der Waals surface area contributed by atoms with Crippen molar-refractivity contribution in [3.8, 4) is 0 Å². The molecule has 2 amide bonds. The summed E-state index contributed by atoms with van der Waals surface area (Å²) in [6.07, 6.45) is 2.29. The zero-order chi connectivity index (χ0) is 22.7. The number of hydrogen-bond donors (Lipinski definition) is 2. The summed E-state index contributed by atoms with van der Waals surface area (Å²) < 4.78 is 13.1. The number of carbonyl (C=O) groups excluding carboxylic acids is 2. The first kappa shape index (κ1) is 22.1. The highest BCUT2D eigenvalue weighted by Gasteiger charge is 2.28. The molecule has 1 fully saturated rings. The number of hydrogen-bond acceptors (Lipinski definition) is 5. The average molecular weight is 453 g/mol. The molecule has 166 valence electrons. The lowest BCUT2D eigenvalue weighted by atomic mass is 10.1. The minimum atomic E-state index is -0.288. The molecule has 1 aliphatic heterocycles. The summed E-state index contributed by atoms with van der Waals surface area (Å²) in [5.74, 6) is -0.774. The molecular formula is C24H25FN4O2S. The lowest BCUT2D eigenvalue weighted by molar-refractivity contribution is -0.122. The summed E-state index contributed by atoms with van der Waals surface area (Å²) in [4.78, 5) is 31.7. The smallest absolute Gasteiger partial charge is 0.267 e. The van der Waals surface area contributed by atoms with Gasteiger partial charge in [0.2, 0.25) is 5.91 Å². The molecule has 0 saturated carbocycles. The maximum Gasteiger partial charge on any atom is 0.267 e. The van der Waals surface area contributed by atoms with Crippen LogP contribution in [0.4, 0.5) is 10.1 Å². The van der Waals surface area contributed by atoms with Crippen LogP contribution in [0.5, 0.6) is 0 Å². The Kier molecular flexibility index (Phi) is 6.62. The highest BCUT2D eigenvalue weighted by molar-refractivity contribution is 7.14. The van der Waals surface area contributed by atoms with Crippen LogP contribution < -0.4 is 11.1 Å². The topological polar surface area (TPSA) is 88.3 Å². The van der Waals surface area contributed by atoms with E-state index in [1.165, 1.54) is 23.5 Å². The Labute approximate surface area is 190 Å². The van der Waals surface area contributed by atoms with E-state index in [9.17, 15) is 14.0 Å². The summed E-state index contributed by atoms with van der Waals surface area (Å²) >= 11 is 1.34. The standard InChI is InChI=1S/C24H25FN4O2S/c1-15-22(32-21(27-15)13-16-7-9-18(25)10-8-16)24(31)28-19-5-2-4-17(12-19)14-29-11-3-6-20(29)23(26)30/h2,4-5,7-10,12,20H,3,6,11,13-14H2,1H3,(H2,26,30)(H,28,31). The van der Waals surface area contributed by atoms with Crippen LogP contribution in [0.2, 0.25) is 0 Å². The number of carbonyl (C=O) groups is 2. The number of aromatic nitrogens is 1. The van der Waals surface area contributed by atoms with E-state index in [1.54, 1.807) is 12.1 Å². The fraction of sp³-hybridized carbons (Fsp3) is 0.292. The number of likely N-dealkylation sites (tertiary alicyclic amines) is 1. The lowest BCUT2D eigenvalue weighted by Crippen LogP contribution is -2.39. The summed E-state index contributed by atoms with van der Waals surface area (Å²) in [5, 5.41) is 3.76. The maximum atomic E-state index is 13.1. The van der Waals surface area contributed by atoms with E-state index < -0.39 is 0 Å². The monoisotopic (exact) mass is 452 g/mol. The maximum absolute atomic E-state index is 13.1. The summed E-state index contributed by atoms with van der Waals surface area (Å²) in [6.45, 7) is 3.26. The van der Waals surface area contributed by atoms with Gasteiger partial charge in [0.05, 0.1) is 16.7 Å². The Morgan fingerprint density at radius 2 is 2.00 bits per heavy atom. The van der Waals surface area contributed by atoms with Gasteiger partial charge in [-0.15, -0.1) is 11.3 Å². The summed E-state index contributed by atoms with van der Waals surface area (Å²) in [5.41, 5.74) is 8.82. The molecular weight excluding hydrogens is 427 g/mol. The highest BCUT2D eigenvalue weighted by Crippen LogP contribution is 2.24. The normalized spacial score (nSPS) is 16.2. The number of aryl methyl sites for hydroxylation is 1. The molecule has 2 aromatic carbocycles. The number of benzene rings is 2. The van der Waals surface area contributed by atoms with Crippen LogP contribution in [0.25, 0.3) is 0 Å². The van der Waals surface area contributed by atoms with Gasteiger partial charge in [0.25, 0.3) is 5.91 Å². The van der Waals surface area contributed by atoms with Crippen molar-refractivity contribution in [2.45, 2.75) is 38.8 Å². The minimum Gasteiger partial charge on any atom is -0.368 e. The van der Waals surface area contributed by atoms with Gasteiger partial charge in [-0.25, -0.2) is 9.37 Å². The first-order valence-electron chi connectivity index (χ1n) is 10.5. The Balaban J connectivity index is 1.43. The van der Waals surface area contributed by atoms with E-state index in [1.807, 2.05) is 31.2 Å². The molecule has 32 heavy (non-hydrogen) atoms. The van der Waals surface area contributed by atoms with Crippen molar-refractivity contribution < 1.29 is 14.0 Å². The number of nitrogens with two attached hydrogens (primary N) is 1. The van der Waals surface area contributed by atoms with Gasteiger partial charge in [-0.05, 0) is 61.7 Å². The molecule has 1 saturated heterocycles. The van der Waals surface area contributed by atoms with E-state index >= 15 is 0 Å². The zero-order valence-corrected chi connectivity index (χ0v) is 18.6. The van der Waals surface area contributed by atoms with E-state index in [4.69, 9.17) is 5.73 Å². The molecule has 2 heterocycles. The number of nitrogens with zero attached hydrogens (tertiary/aromatic N) is 2. The van der Waals surface area contributed by atoms with Crippen molar-refractivity contribution in [1.82, 2.24) is 9.88 Å². The fourth-order valence-electron chi connectivity index (χ4n) is 4.02. The number of nitrogens with one attached hydrogen (secondary N) is 1. The molecule has 0 spiro atoms. The summed E-state index contributed by atoms with van der Waals surface area (Å²) in [6, 6.07) is 13.7. The molecule has 3 aromatic rings. The van der Waals surface area contributed by atoms with Crippen LogP contribution in [0, 0.1) is 12.7 Å². The third-order valence-corrected chi connectivity index (χ3v) is 6.73. The predicted octanol–water partition coefficient (Wildman–Crippen LogP) is 3.88. The first-order chi connectivity index (χ1) is 15.4. The largest absolute Gasteiger partial charge is 0.368 e. The molecule has 4 rings (SSSR count). The second-order valence-electron chi connectivity index (χ2n) is 8.01. The van der Waals surface area contributed by atoms with Crippen LogP contribution >= 0.6 is 11.3 Å². The lowest BCUT2D eigenvalue weighted by Gasteiger charge is -2.22. The van der Waals surface area contributed by atoms with Crippen LogP contribution in [0.15, 0.2) is 48.5 Å². The van der Waals surface area contributed by atoms with Crippen molar-refractivity contribution in [3.05, 3.63) is 81.1 Å². The third kappa shape index (κ3) is 5.20. The second-order valence-corrected chi connectivity index (χ2v) is 9.09. The molecule has 1 aliphatic rings.